The molecule has 0 unspecified atom stereocenters. The molecule has 0 spiro atoms. The summed E-state index contributed by atoms with van der Waals surface area (Å²) in [5.41, 5.74) is 5.57. The van der Waals surface area contributed by atoms with Gasteiger partial charge in [-0.3, -0.25) is 4.68 Å². The SMILES string of the molecule is CCc1nc(CC)n(CCCn2ccc(N)n2)n1. The van der Waals surface area contributed by atoms with Gasteiger partial charge in [-0.05, 0) is 12.5 Å². The standard InChI is InChI=1S/C12H20N6/c1-3-11-14-12(4-2)18(16-11)8-5-7-17-9-6-10(13)15-17/h6,9H,3-5,7-8H2,1-2H3,(H2,13,15). The van der Waals surface area contributed by atoms with Crippen molar-refractivity contribution in [2.24, 2.45) is 0 Å². The van der Waals surface area contributed by atoms with Gasteiger partial charge in [0.2, 0.25) is 0 Å². The Morgan fingerprint density at radius 1 is 1.17 bits per heavy atom. The lowest BCUT2D eigenvalue weighted by Gasteiger charge is -2.04. The molecule has 0 bridgehead atoms. The average Bonchev–Trinajstić information content (AvgIpc) is 2.95. The molecular weight excluding hydrogens is 228 g/mol. The second-order valence-corrected chi connectivity index (χ2v) is 4.23. The first-order chi connectivity index (χ1) is 8.72. The van der Waals surface area contributed by atoms with Gasteiger partial charge in [0, 0.05) is 32.1 Å². The monoisotopic (exact) mass is 248 g/mol. The van der Waals surface area contributed by atoms with Crippen molar-refractivity contribution >= 4 is 5.82 Å². The third-order valence-corrected chi connectivity index (χ3v) is 2.84. The van der Waals surface area contributed by atoms with Crippen molar-refractivity contribution in [1.29, 1.82) is 0 Å². The number of nitrogen functional groups attached to an aromatic ring is 1. The molecule has 0 fully saturated rings. The minimum atomic E-state index is 0.568. The molecule has 6 heteroatoms. The van der Waals surface area contributed by atoms with Gasteiger partial charge in [0.25, 0.3) is 0 Å². The largest absolute Gasteiger partial charge is 0.382 e. The van der Waals surface area contributed by atoms with Crippen LogP contribution in [0.3, 0.4) is 0 Å². The Balaban J connectivity index is 1.91. The molecule has 0 aromatic carbocycles. The van der Waals surface area contributed by atoms with E-state index in [9.17, 15) is 0 Å². The summed E-state index contributed by atoms with van der Waals surface area (Å²) >= 11 is 0. The molecule has 0 saturated carbocycles. The van der Waals surface area contributed by atoms with Gasteiger partial charge in [0.05, 0.1) is 0 Å². The summed E-state index contributed by atoms with van der Waals surface area (Å²) in [5, 5.41) is 8.64. The van der Waals surface area contributed by atoms with Crippen LogP contribution in [0, 0.1) is 0 Å². The molecule has 2 aromatic rings. The summed E-state index contributed by atoms with van der Waals surface area (Å²) in [5.74, 6) is 2.56. The lowest BCUT2D eigenvalue weighted by molar-refractivity contribution is 0.488. The van der Waals surface area contributed by atoms with Crippen LogP contribution in [-0.4, -0.2) is 24.5 Å². The normalized spacial score (nSPS) is 11.0. The Morgan fingerprint density at radius 3 is 2.61 bits per heavy atom. The molecule has 18 heavy (non-hydrogen) atoms. The zero-order valence-electron chi connectivity index (χ0n) is 11.0. The quantitative estimate of drug-likeness (QED) is 0.835. The lowest BCUT2D eigenvalue weighted by atomic mass is 10.4. The topological polar surface area (TPSA) is 74.5 Å². The van der Waals surface area contributed by atoms with Gasteiger partial charge in [-0.2, -0.15) is 10.2 Å². The summed E-state index contributed by atoms with van der Waals surface area (Å²) in [6.07, 6.45) is 4.67. The van der Waals surface area contributed by atoms with E-state index in [0.717, 1.165) is 44.0 Å². The van der Waals surface area contributed by atoms with Crippen molar-refractivity contribution in [2.75, 3.05) is 5.73 Å². The predicted octanol–water partition coefficient (Wildman–Crippen LogP) is 1.27. The van der Waals surface area contributed by atoms with Crippen LogP contribution in [-0.2, 0) is 25.9 Å². The van der Waals surface area contributed by atoms with E-state index in [1.807, 2.05) is 21.6 Å². The molecule has 0 aliphatic carbocycles. The molecule has 6 nitrogen and oxygen atoms in total. The van der Waals surface area contributed by atoms with Crippen LogP contribution < -0.4 is 5.73 Å². The maximum atomic E-state index is 5.57. The van der Waals surface area contributed by atoms with Gasteiger partial charge < -0.3 is 5.73 Å². The summed E-state index contributed by atoms with van der Waals surface area (Å²) in [4.78, 5) is 4.49. The highest BCUT2D eigenvalue weighted by Gasteiger charge is 2.06. The summed E-state index contributed by atoms with van der Waals surface area (Å²) < 4.78 is 3.87. The number of anilines is 1. The lowest BCUT2D eigenvalue weighted by Crippen LogP contribution is -2.09. The molecule has 0 saturated heterocycles. The third kappa shape index (κ3) is 2.88. The summed E-state index contributed by atoms with van der Waals surface area (Å²) in [6.45, 7) is 5.90. The van der Waals surface area contributed by atoms with Crippen molar-refractivity contribution in [3.63, 3.8) is 0 Å². The highest BCUT2D eigenvalue weighted by molar-refractivity contribution is 5.23. The minimum absolute atomic E-state index is 0.568. The average molecular weight is 248 g/mol. The maximum absolute atomic E-state index is 5.57. The molecule has 0 radical (unpaired) electrons. The molecule has 0 amide bonds. The van der Waals surface area contributed by atoms with Crippen molar-refractivity contribution in [1.82, 2.24) is 24.5 Å². The zero-order valence-corrected chi connectivity index (χ0v) is 11.0. The first kappa shape index (κ1) is 12.6. The van der Waals surface area contributed by atoms with E-state index >= 15 is 0 Å². The summed E-state index contributed by atoms with van der Waals surface area (Å²) in [6, 6.07) is 1.81. The van der Waals surface area contributed by atoms with Crippen LogP contribution in [0.1, 0.15) is 31.9 Å². The second kappa shape index (κ2) is 5.66. The zero-order chi connectivity index (χ0) is 13.0. The van der Waals surface area contributed by atoms with Crippen molar-refractivity contribution in [2.45, 2.75) is 46.2 Å². The smallest absolute Gasteiger partial charge is 0.150 e. The van der Waals surface area contributed by atoms with E-state index < -0.39 is 0 Å². The highest BCUT2D eigenvalue weighted by Crippen LogP contribution is 2.03. The van der Waals surface area contributed by atoms with E-state index in [-0.39, 0.29) is 0 Å². The number of hydrogen-bond acceptors (Lipinski definition) is 4. The number of aromatic nitrogens is 5. The molecular formula is C12H20N6. The van der Waals surface area contributed by atoms with Gasteiger partial charge in [-0.1, -0.05) is 13.8 Å². The second-order valence-electron chi connectivity index (χ2n) is 4.23. The van der Waals surface area contributed by atoms with Crippen LogP contribution in [0.5, 0.6) is 0 Å². The minimum Gasteiger partial charge on any atom is -0.382 e. The molecule has 2 rings (SSSR count). The molecule has 2 heterocycles. The Hall–Kier alpha value is -1.85. The Bertz CT molecular complexity index is 498. The Labute approximate surface area is 107 Å². The predicted molar refractivity (Wildman–Crippen MR) is 70.0 cm³/mol. The van der Waals surface area contributed by atoms with E-state index in [2.05, 4.69) is 29.0 Å². The van der Waals surface area contributed by atoms with Gasteiger partial charge in [0.15, 0.2) is 5.82 Å². The Morgan fingerprint density at radius 2 is 2.00 bits per heavy atom. The van der Waals surface area contributed by atoms with Crippen molar-refractivity contribution < 1.29 is 0 Å². The van der Waals surface area contributed by atoms with Gasteiger partial charge >= 0.3 is 0 Å². The van der Waals surface area contributed by atoms with Crippen LogP contribution in [0.2, 0.25) is 0 Å². The fourth-order valence-corrected chi connectivity index (χ4v) is 1.90. The molecule has 0 aliphatic rings. The molecule has 2 N–H and O–H groups in total. The highest BCUT2D eigenvalue weighted by atomic mass is 15.3. The summed E-state index contributed by atoms with van der Waals surface area (Å²) in [7, 11) is 0. The van der Waals surface area contributed by atoms with Gasteiger partial charge in [0.1, 0.15) is 11.6 Å². The van der Waals surface area contributed by atoms with Crippen LogP contribution in [0.4, 0.5) is 5.82 Å². The first-order valence-electron chi connectivity index (χ1n) is 6.44. The number of nitrogens with zero attached hydrogens (tertiary/aromatic N) is 5. The number of rotatable bonds is 6. The number of nitrogens with two attached hydrogens (primary N) is 1. The van der Waals surface area contributed by atoms with E-state index in [1.54, 1.807) is 0 Å². The molecule has 0 atom stereocenters. The van der Waals surface area contributed by atoms with Crippen molar-refractivity contribution in [3.8, 4) is 0 Å². The molecule has 0 aliphatic heterocycles. The fraction of sp³-hybridized carbons (Fsp3) is 0.583. The van der Waals surface area contributed by atoms with E-state index in [0.29, 0.717) is 5.82 Å². The van der Waals surface area contributed by atoms with E-state index in [1.165, 1.54) is 0 Å². The van der Waals surface area contributed by atoms with Gasteiger partial charge in [-0.15, -0.1) is 0 Å². The van der Waals surface area contributed by atoms with Crippen molar-refractivity contribution in [3.05, 3.63) is 23.9 Å². The third-order valence-electron chi connectivity index (χ3n) is 2.84. The fourth-order valence-electron chi connectivity index (χ4n) is 1.90. The number of hydrogen-bond donors (Lipinski definition) is 1. The molecule has 98 valence electrons. The van der Waals surface area contributed by atoms with Crippen LogP contribution >= 0.6 is 0 Å². The van der Waals surface area contributed by atoms with Crippen LogP contribution in [0.25, 0.3) is 0 Å². The van der Waals surface area contributed by atoms with Crippen LogP contribution in [0.15, 0.2) is 12.3 Å². The maximum Gasteiger partial charge on any atom is 0.150 e. The number of aryl methyl sites for hydroxylation is 4. The van der Waals surface area contributed by atoms with E-state index in [4.69, 9.17) is 5.73 Å². The Kier molecular flexibility index (Phi) is 3.96. The molecule has 2 aromatic heterocycles. The van der Waals surface area contributed by atoms with Gasteiger partial charge in [-0.25, -0.2) is 9.67 Å². The first-order valence-corrected chi connectivity index (χ1v) is 6.44.